The molecule has 0 aliphatic heterocycles. The van der Waals surface area contributed by atoms with Crippen molar-refractivity contribution in [3.63, 3.8) is 0 Å². The molecule has 0 saturated carbocycles. The summed E-state index contributed by atoms with van der Waals surface area (Å²) >= 11 is 5.85. The van der Waals surface area contributed by atoms with E-state index < -0.39 is 0 Å². The zero-order chi connectivity index (χ0) is 17.2. The molecule has 0 heterocycles. The number of hydrogen-bond donors (Lipinski definition) is 2. The molecule has 126 valence electrons. The molecule has 0 radical (unpaired) electrons. The van der Waals surface area contributed by atoms with E-state index in [0.29, 0.717) is 11.6 Å². The van der Waals surface area contributed by atoms with Gasteiger partial charge >= 0.3 is 0 Å². The first-order valence-electron chi connectivity index (χ1n) is 7.71. The molecule has 0 aliphatic rings. The van der Waals surface area contributed by atoms with Gasteiger partial charge in [-0.3, -0.25) is 9.59 Å². The summed E-state index contributed by atoms with van der Waals surface area (Å²) < 4.78 is 0. The third kappa shape index (κ3) is 7.30. The molecule has 1 rings (SSSR count). The number of nitrogens with one attached hydrogen (secondary N) is 2. The molecule has 0 atom stereocenters. The van der Waals surface area contributed by atoms with Crippen LogP contribution < -0.4 is 10.6 Å². The van der Waals surface area contributed by atoms with Crippen LogP contribution in [-0.2, 0) is 9.59 Å². The van der Waals surface area contributed by atoms with Crippen LogP contribution in [-0.4, -0.2) is 42.9 Å². The lowest BCUT2D eigenvalue weighted by Crippen LogP contribution is -2.38. The summed E-state index contributed by atoms with van der Waals surface area (Å²) in [5.41, 5.74) is 1.01. The lowest BCUT2D eigenvalue weighted by molar-refractivity contribution is -0.122. The first kappa shape index (κ1) is 19.2. The van der Waals surface area contributed by atoms with Gasteiger partial charge < -0.3 is 15.5 Å². The van der Waals surface area contributed by atoms with Crippen LogP contribution in [0.1, 0.15) is 26.3 Å². The van der Waals surface area contributed by atoms with Gasteiger partial charge in [0.1, 0.15) is 5.70 Å². The Labute approximate surface area is 142 Å². The first-order valence-corrected chi connectivity index (χ1v) is 8.09. The molecule has 0 aromatic heterocycles. The van der Waals surface area contributed by atoms with Crippen LogP contribution >= 0.6 is 11.6 Å². The van der Waals surface area contributed by atoms with E-state index in [2.05, 4.69) is 29.4 Å². The van der Waals surface area contributed by atoms with Crippen molar-refractivity contribution in [2.24, 2.45) is 0 Å². The molecule has 0 spiro atoms. The van der Waals surface area contributed by atoms with Crippen molar-refractivity contribution in [2.75, 3.05) is 26.2 Å². The fourth-order valence-corrected chi connectivity index (χ4v) is 2.16. The highest BCUT2D eigenvalue weighted by molar-refractivity contribution is 6.30. The van der Waals surface area contributed by atoms with E-state index >= 15 is 0 Å². The minimum Gasteiger partial charge on any atom is -0.349 e. The van der Waals surface area contributed by atoms with Gasteiger partial charge in [0.25, 0.3) is 5.91 Å². The Bertz CT molecular complexity index is 551. The molecule has 5 nitrogen and oxygen atoms in total. The van der Waals surface area contributed by atoms with Crippen LogP contribution in [0.2, 0.25) is 5.02 Å². The smallest absolute Gasteiger partial charge is 0.267 e. The van der Waals surface area contributed by atoms with Gasteiger partial charge in [-0.2, -0.15) is 0 Å². The molecular formula is C17H24ClN3O2. The molecule has 0 fully saturated rings. The van der Waals surface area contributed by atoms with Crippen LogP contribution in [0, 0.1) is 0 Å². The number of likely N-dealkylation sites (N-methyl/N-ethyl adjacent to an activating group) is 1. The summed E-state index contributed by atoms with van der Waals surface area (Å²) in [6, 6.07) is 7.04. The van der Waals surface area contributed by atoms with Gasteiger partial charge in [0.05, 0.1) is 0 Å². The van der Waals surface area contributed by atoms with E-state index in [1.807, 2.05) is 0 Å². The summed E-state index contributed by atoms with van der Waals surface area (Å²) in [6.45, 7) is 8.70. The minimum atomic E-state index is -0.303. The second-order valence-corrected chi connectivity index (χ2v) is 5.51. The highest BCUT2D eigenvalue weighted by atomic mass is 35.5. The zero-order valence-electron chi connectivity index (χ0n) is 13.9. The fourth-order valence-electron chi connectivity index (χ4n) is 2.04. The second-order valence-electron chi connectivity index (χ2n) is 5.07. The van der Waals surface area contributed by atoms with Gasteiger partial charge in [-0.15, -0.1) is 0 Å². The normalized spacial score (nSPS) is 11.4. The number of carbonyl (C=O) groups is 2. The van der Waals surface area contributed by atoms with E-state index in [-0.39, 0.29) is 17.5 Å². The number of carbonyl (C=O) groups excluding carboxylic acids is 2. The van der Waals surface area contributed by atoms with Crippen molar-refractivity contribution < 1.29 is 9.59 Å². The Morgan fingerprint density at radius 2 is 1.78 bits per heavy atom. The molecule has 0 unspecified atom stereocenters. The summed E-state index contributed by atoms with van der Waals surface area (Å²) in [5, 5.41) is 6.02. The van der Waals surface area contributed by atoms with Crippen molar-refractivity contribution in [1.29, 1.82) is 0 Å². The van der Waals surface area contributed by atoms with E-state index in [1.54, 1.807) is 30.3 Å². The van der Waals surface area contributed by atoms with Gasteiger partial charge in [0.2, 0.25) is 5.91 Å². The molecule has 0 bridgehead atoms. The summed E-state index contributed by atoms with van der Waals surface area (Å²) in [6.07, 6.45) is 1.63. The zero-order valence-corrected chi connectivity index (χ0v) is 14.6. The largest absolute Gasteiger partial charge is 0.349 e. The Balaban J connectivity index is 2.74. The van der Waals surface area contributed by atoms with E-state index in [4.69, 9.17) is 11.6 Å². The maximum Gasteiger partial charge on any atom is 0.267 e. The lowest BCUT2D eigenvalue weighted by atomic mass is 10.2. The molecule has 0 saturated heterocycles. The van der Waals surface area contributed by atoms with Crippen LogP contribution in [0.5, 0.6) is 0 Å². The molecule has 23 heavy (non-hydrogen) atoms. The maximum atomic E-state index is 12.3. The van der Waals surface area contributed by atoms with Gasteiger partial charge in [-0.05, 0) is 36.9 Å². The van der Waals surface area contributed by atoms with Crippen LogP contribution in [0.4, 0.5) is 0 Å². The Hall–Kier alpha value is -1.85. The van der Waals surface area contributed by atoms with Crippen molar-refractivity contribution in [2.45, 2.75) is 20.8 Å². The summed E-state index contributed by atoms with van der Waals surface area (Å²) in [4.78, 5) is 25.8. The SMILES string of the molecule is CCN(CC)CCNC(=O)/C(=C/c1ccc(Cl)cc1)NC(C)=O. The van der Waals surface area contributed by atoms with Crippen LogP contribution in [0.15, 0.2) is 30.0 Å². The number of amides is 2. The molecular weight excluding hydrogens is 314 g/mol. The minimum absolute atomic E-state index is 0.222. The topological polar surface area (TPSA) is 61.4 Å². The third-order valence-electron chi connectivity index (χ3n) is 3.34. The van der Waals surface area contributed by atoms with E-state index in [0.717, 1.165) is 25.2 Å². The Morgan fingerprint density at radius 3 is 2.30 bits per heavy atom. The average molecular weight is 338 g/mol. The summed E-state index contributed by atoms with van der Waals surface area (Å²) in [5.74, 6) is -0.591. The van der Waals surface area contributed by atoms with Gasteiger partial charge in [0, 0.05) is 25.0 Å². The number of halogens is 1. The van der Waals surface area contributed by atoms with Crippen LogP contribution in [0.3, 0.4) is 0 Å². The Morgan fingerprint density at radius 1 is 1.17 bits per heavy atom. The molecule has 6 heteroatoms. The standard InChI is InChI=1S/C17H24ClN3O2/c1-4-21(5-2)11-10-19-17(23)16(20-13(3)22)12-14-6-8-15(18)9-7-14/h6-9,12H,4-5,10-11H2,1-3H3,(H,19,23)(H,20,22)/b16-12-. The quantitative estimate of drug-likeness (QED) is 0.715. The van der Waals surface area contributed by atoms with Crippen molar-refractivity contribution in [3.05, 3.63) is 40.5 Å². The predicted octanol–water partition coefficient (Wildman–Crippen LogP) is 2.28. The number of hydrogen-bond acceptors (Lipinski definition) is 3. The Kier molecular flexibility index (Phi) is 8.37. The van der Waals surface area contributed by atoms with Crippen molar-refractivity contribution in [3.8, 4) is 0 Å². The lowest BCUT2D eigenvalue weighted by Gasteiger charge is -2.18. The number of rotatable bonds is 8. The van der Waals surface area contributed by atoms with Crippen LogP contribution in [0.25, 0.3) is 6.08 Å². The molecule has 0 aliphatic carbocycles. The van der Waals surface area contributed by atoms with E-state index in [1.165, 1.54) is 6.92 Å². The predicted molar refractivity (Wildman–Crippen MR) is 94.0 cm³/mol. The average Bonchev–Trinajstić information content (AvgIpc) is 2.52. The van der Waals surface area contributed by atoms with Crippen molar-refractivity contribution in [1.82, 2.24) is 15.5 Å². The molecule has 1 aromatic carbocycles. The van der Waals surface area contributed by atoms with Gasteiger partial charge in [-0.25, -0.2) is 0 Å². The number of nitrogens with zero attached hydrogens (tertiary/aromatic N) is 1. The first-order chi connectivity index (χ1) is 11.0. The number of benzene rings is 1. The van der Waals surface area contributed by atoms with Crippen molar-refractivity contribution >= 4 is 29.5 Å². The van der Waals surface area contributed by atoms with E-state index in [9.17, 15) is 9.59 Å². The second kappa shape index (κ2) is 10.0. The fraction of sp³-hybridized carbons (Fsp3) is 0.412. The molecule has 2 N–H and O–H groups in total. The molecule has 2 amide bonds. The van der Waals surface area contributed by atoms with Gasteiger partial charge in [-0.1, -0.05) is 37.6 Å². The van der Waals surface area contributed by atoms with Gasteiger partial charge in [0.15, 0.2) is 0 Å². The monoisotopic (exact) mass is 337 g/mol. The highest BCUT2D eigenvalue weighted by Gasteiger charge is 2.11. The highest BCUT2D eigenvalue weighted by Crippen LogP contribution is 2.12. The third-order valence-corrected chi connectivity index (χ3v) is 3.60. The maximum absolute atomic E-state index is 12.3. The summed E-state index contributed by atoms with van der Waals surface area (Å²) in [7, 11) is 0. The molecule has 1 aromatic rings.